The van der Waals surface area contributed by atoms with Gasteiger partial charge in [0.1, 0.15) is 11.6 Å². The Balaban J connectivity index is 2.18. The molecule has 0 aliphatic carbocycles. The van der Waals surface area contributed by atoms with Crippen LogP contribution in [-0.4, -0.2) is 0 Å². The monoisotopic (exact) mass is 311 g/mol. The number of benzene rings is 2. The molecule has 2 N–H and O–H groups in total. The molecule has 1 atom stereocenters. The SMILES string of the molecule is NC(Cc1ccc(F)cc1)c1cc(Br)ccc1F. The summed E-state index contributed by atoms with van der Waals surface area (Å²) in [5, 5.41) is 0. The van der Waals surface area contributed by atoms with Crippen molar-refractivity contribution in [2.75, 3.05) is 0 Å². The fourth-order valence-electron chi connectivity index (χ4n) is 1.78. The van der Waals surface area contributed by atoms with E-state index in [9.17, 15) is 8.78 Å². The van der Waals surface area contributed by atoms with Gasteiger partial charge in [0.25, 0.3) is 0 Å². The van der Waals surface area contributed by atoms with E-state index in [1.165, 1.54) is 18.2 Å². The van der Waals surface area contributed by atoms with Crippen LogP contribution in [0.2, 0.25) is 0 Å². The second-order valence-corrected chi connectivity index (χ2v) is 5.02. The predicted octanol–water partition coefficient (Wildman–Crippen LogP) is 3.97. The fourth-order valence-corrected chi connectivity index (χ4v) is 2.16. The average Bonchev–Trinajstić information content (AvgIpc) is 2.35. The smallest absolute Gasteiger partial charge is 0.128 e. The van der Waals surface area contributed by atoms with Crippen LogP contribution in [0.25, 0.3) is 0 Å². The van der Waals surface area contributed by atoms with Gasteiger partial charge in [0.2, 0.25) is 0 Å². The molecule has 18 heavy (non-hydrogen) atoms. The lowest BCUT2D eigenvalue weighted by Crippen LogP contribution is -2.15. The normalized spacial score (nSPS) is 12.4. The van der Waals surface area contributed by atoms with Crippen LogP contribution in [0, 0.1) is 11.6 Å². The molecule has 0 aromatic heterocycles. The molecule has 0 saturated heterocycles. The van der Waals surface area contributed by atoms with Crippen molar-refractivity contribution in [1.29, 1.82) is 0 Å². The van der Waals surface area contributed by atoms with Crippen LogP contribution in [0.4, 0.5) is 8.78 Å². The van der Waals surface area contributed by atoms with Crippen LogP contribution >= 0.6 is 15.9 Å². The Kier molecular flexibility index (Phi) is 4.09. The molecule has 0 bridgehead atoms. The van der Waals surface area contributed by atoms with Crippen LogP contribution < -0.4 is 5.73 Å². The molecular formula is C14H12BrF2N. The van der Waals surface area contributed by atoms with E-state index in [-0.39, 0.29) is 11.6 Å². The van der Waals surface area contributed by atoms with Crippen LogP contribution in [-0.2, 0) is 6.42 Å². The van der Waals surface area contributed by atoms with Crippen molar-refractivity contribution in [3.05, 3.63) is 69.7 Å². The van der Waals surface area contributed by atoms with Gasteiger partial charge in [-0.1, -0.05) is 28.1 Å². The van der Waals surface area contributed by atoms with E-state index >= 15 is 0 Å². The molecule has 4 heteroatoms. The standard InChI is InChI=1S/C14H12BrF2N/c15-10-3-6-13(17)12(8-10)14(18)7-9-1-4-11(16)5-2-9/h1-6,8,14H,7,18H2. The minimum absolute atomic E-state index is 0.291. The Morgan fingerprint density at radius 3 is 2.39 bits per heavy atom. The first-order valence-electron chi connectivity index (χ1n) is 5.51. The molecule has 0 saturated carbocycles. The van der Waals surface area contributed by atoms with E-state index in [0.717, 1.165) is 10.0 Å². The zero-order chi connectivity index (χ0) is 13.1. The number of halogens is 3. The summed E-state index contributed by atoms with van der Waals surface area (Å²) in [5.74, 6) is -0.617. The molecule has 94 valence electrons. The zero-order valence-corrected chi connectivity index (χ0v) is 11.1. The van der Waals surface area contributed by atoms with Crippen molar-refractivity contribution >= 4 is 15.9 Å². The van der Waals surface area contributed by atoms with Crippen molar-refractivity contribution in [3.63, 3.8) is 0 Å². The van der Waals surface area contributed by atoms with Crippen molar-refractivity contribution in [2.45, 2.75) is 12.5 Å². The summed E-state index contributed by atoms with van der Waals surface area (Å²) in [6.45, 7) is 0. The predicted molar refractivity (Wildman–Crippen MR) is 71.1 cm³/mol. The summed E-state index contributed by atoms with van der Waals surface area (Å²) in [4.78, 5) is 0. The highest BCUT2D eigenvalue weighted by Gasteiger charge is 2.12. The minimum atomic E-state index is -0.451. The van der Waals surface area contributed by atoms with Gasteiger partial charge in [-0.25, -0.2) is 8.78 Å². The summed E-state index contributed by atoms with van der Waals surface area (Å²) in [7, 11) is 0. The highest BCUT2D eigenvalue weighted by Crippen LogP contribution is 2.23. The Hall–Kier alpha value is -1.26. The summed E-state index contributed by atoms with van der Waals surface area (Å²) in [6.07, 6.45) is 0.466. The van der Waals surface area contributed by atoms with Gasteiger partial charge in [0, 0.05) is 16.1 Å². The molecule has 1 unspecified atom stereocenters. The van der Waals surface area contributed by atoms with Gasteiger partial charge in [-0.2, -0.15) is 0 Å². The third kappa shape index (κ3) is 3.15. The van der Waals surface area contributed by atoms with E-state index in [0.29, 0.717) is 12.0 Å². The number of hydrogen-bond donors (Lipinski definition) is 1. The van der Waals surface area contributed by atoms with E-state index in [1.54, 1.807) is 24.3 Å². The molecule has 0 amide bonds. The van der Waals surface area contributed by atoms with E-state index in [2.05, 4.69) is 15.9 Å². The summed E-state index contributed by atoms with van der Waals surface area (Å²) in [6, 6.07) is 10.3. The van der Waals surface area contributed by atoms with E-state index in [4.69, 9.17) is 5.73 Å². The molecular weight excluding hydrogens is 300 g/mol. The Bertz CT molecular complexity index is 540. The second kappa shape index (κ2) is 5.59. The van der Waals surface area contributed by atoms with Crippen molar-refractivity contribution < 1.29 is 8.78 Å². The molecule has 0 radical (unpaired) electrons. The Morgan fingerprint density at radius 2 is 1.72 bits per heavy atom. The molecule has 1 nitrogen and oxygen atoms in total. The van der Waals surface area contributed by atoms with Crippen LogP contribution in [0.5, 0.6) is 0 Å². The van der Waals surface area contributed by atoms with Gasteiger partial charge in [0.15, 0.2) is 0 Å². The van der Waals surface area contributed by atoms with Gasteiger partial charge in [-0.05, 0) is 42.3 Å². The Labute approximate surface area is 113 Å². The fraction of sp³-hybridized carbons (Fsp3) is 0.143. The first-order chi connectivity index (χ1) is 8.56. The molecule has 0 aliphatic heterocycles. The number of nitrogens with two attached hydrogens (primary N) is 1. The lowest BCUT2D eigenvalue weighted by Gasteiger charge is -2.13. The molecule has 0 aliphatic rings. The average molecular weight is 312 g/mol. The van der Waals surface area contributed by atoms with Gasteiger partial charge >= 0.3 is 0 Å². The van der Waals surface area contributed by atoms with Gasteiger partial charge < -0.3 is 5.73 Å². The van der Waals surface area contributed by atoms with Crippen LogP contribution in [0.1, 0.15) is 17.2 Å². The molecule has 2 aromatic carbocycles. The lowest BCUT2D eigenvalue weighted by molar-refractivity contribution is 0.579. The minimum Gasteiger partial charge on any atom is -0.324 e. The molecule has 0 heterocycles. The van der Waals surface area contributed by atoms with Crippen molar-refractivity contribution in [3.8, 4) is 0 Å². The first-order valence-corrected chi connectivity index (χ1v) is 6.30. The molecule has 2 rings (SSSR count). The Morgan fingerprint density at radius 1 is 1.06 bits per heavy atom. The lowest BCUT2D eigenvalue weighted by atomic mass is 9.99. The quantitative estimate of drug-likeness (QED) is 0.912. The maximum Gasteiger partial charge on any atom is 0.128 e. The second-order valence-electron chi connectivity index (χ2n) is 4.10. The third-order valence-corrected chi connectivity index (χ3v) is 3.22. The first kappa shape index (κ1) is 13.2. The maximum absolute atomic E-state index is 13.6. The molecule has 0 fully saturated rings. The van der Waals surface area contributed by atoms with Crippen molar-refractivity contribution in [1.82, 2.24) is 0 Å². The summed E-state index contributed by atoms with van der Waals surface area (Å²) < 4.78 is 27.2. The largest absolute Gasteiger partial charge is 0.324 e. The topological polar surface area (TPSA) is 26.0 Å². The number of hydrogen-bond acceptors (Lipinski definition) is 1. The van der Waals surface area contributed by atoms with Crippen LogP contribution in [0.3, 0.4) is 0 Å². The van der Waals surface area contributed by atoms with Gasteiger partial charge in [-0.15, -0.1) is 0 Å². The third-order valence-electron chi connectivity index (χ3n) is 2.73. The van der Waals surface area contributed by atoms with Crippen LogP contribution in [0.15, 0.2) is 46.9 Å². The summed E-state index contributed by atoms with van der Waals surface area (Å²) in [5.41, 5.74) is 7.31. The van der Waals surface area contributed by atoms with E-state index in [1.807, 2.05) is 0 Å². The van der Waals surface area contributed by atoms with Gasteiger partial charge in [0.05, 0.1) is 0 Å². The molecule has 2 aromatic rings. The van der Waals surface area contributed by atoms with Crippen molar-refractivity contribution in [2.24, 2.45) is 5.73 Å². The number of rotatable bonds is 3. The highest BCUT2D eigenvalue weighted by atomic mass is 79.9. The van der Waals surface area contributed by atoms with Gasteiger partial charge in [-0.3, -0.25) is 0 Å². The maximum atomic E-state index is 13.6. The van der Waals surface area contributed by atoms with E-state index < -0.39 is 6.04 Å². The summed E-state index contributed by atoms with van der Waals surface area (Å²) >= 11 is 3.29. The zero-order valence-electron chi connectivity index (χ0n) is 9.54. The highest BCUT2D eigenvalue weighted by molar-refractivity contribution is 9.10. The molecule has 0 spiro atoms.